The maximum atomic E-state index is 13.5. The zero-order valence-corrected chi connectivity index (χ0v) is 24.4. The van der Waals surface area contributed by atoms with Gasteiger partial charge in [-0.3, -0.25) is 13.9 Å². The molecule has 0 saturated heterocycles. The standard InChI is InChI=1S/C32H32N4O6S/c1-2-41-28-17-19-30(20-18-28)43(39,40)36(27-11-7-4-8-12-27)23-31(37)35-34-22-26-13-15-29(16-14-26)42-24-32(38)33-21-25-9-5-3-6-10-25/h3-20,22H,2,21,23-24H2,1H3,(H,33,38)(H,35,37)/b34-22+. The smallest absolute Gasteiger partial charge is 0.264 e. The van der Waals surface area contributed by atoms with Crippen molar-refractivity contribution in [3.63, 3.8) is 0 Å². The zero-order valence-electron chi connectivity index (χ0n) is 23.6. The first-order chi connectivity index (χ1) is 20.8. The molecule has 4 aromatic rings. The molecule has 4 rings (SSSR count). The van der Waals surface area contributed by atoms with E-state index in [2.05, 4.69) is 15.8 Å². The zero-order chi connectivity index (χ0) is 30.5. The van der Waals surface area contributed by atoms with Gasteiger partial charge in [0.05, 0.1) is 23.4 Å². The molecule has 2 amide bonds. The number of carbonyl (C=O) groups is 2. The monoisotopic (exact) mass is 600 g/mol. The van der Waals surface area contributed by atoms with Crippen LogP contribution in [0, 0.1) is 0 Å². The second-order valence-electron chi connectivity index (χ2n) is 9.16. The molecule has 4 aromatic carbocycles. The van der Waals surface area contributed by atoms with E-state index in [9.17, 15) is 18.0 Å². The van der Waals surface area contributed by atoms with Gasteiger partial charge in [-0.1, -0.05) is 48.5 Å². The molecule has 2 N–H and O–H groups in total. The van der Waals surface area contributed by atoms with Crippen LogP contribution in [0.15, 0.2) is 119 Å². The summed E-state index contributed by atoms with van der Waals surface area (Å²) in [4.78, 5) is 24.9. The molecule has 11 heteroatoms. The Morgan fingerprint density at radius 1 is 0.791 bits per heavy atom. The highest BCUT2D eigenvalue weighted by Crippen LogP contribution is 2.25. The summed E-state index contributed by atoms with van der Waals surface area (Å²) in [6, 6.07) is 30.7. The molecule has 10 nitrogen and oxygen atoms in total. The third-order valence-corrected chi connectivity index (χ3v) is 7.83. The SMILES string of the molecule is CCOc1ccc(S(=O)(=O)N(CC(=O)N/N=C/c2ccc(OCC(=O)NCc3ccccc3)cc2)c2ccccc2)cc1. The Balaban J connectivity index is 1.31. The number of hydrazone groups is 1. The topological polar surface area (TPSA) is 126 Å². The van der Waals surface area contributed by atoms with Crippen LogP contribution in [0.3, 0.4) is 0 Å². The van der Waals surface area contributed by atoms with Crippen molar-refractivity contribution in [2.24, 2.45) is 5.10 Å². The second-order valence-corrected chi connectivity index (χ2v) is 11.0. The molecule has 43 heavy (non-hydrogen) atoms. The number of hydrogen-bond acceptors (Lipinski definition) is 7. The van der Waals surface area contributed by atoms with Gasteiger partial charge in [0.25, 0.3) is 21.8 Å². The highest BCUT2D eigenvalue weighted by Gasteiger charge is 2.27. The quantitative estimate of drug-likeness (QED) is 0.166. The molecular weight excluding hydrogens is 568 g/mol. The average molecular weight is 601 g/mol. The number of nitrogens with zero attached hydrogens (tertiary/aromatic N) is 2. The number of rotatable bonds is 14. The Labute approximate surface area is 251 Å². The fraction of sp³-hybridized carbons (Fsp3) is 0.156. The molecule has 0 atom stereocenters. The summed E-state index contributed by atoms with van der Waals surface area (Å²) in [7, 11) is -4.07. The van der Waals surface area contributed by atoms with Crippen molar-refractivity contribution in [2.45, 2.75) is 18.4 Å². The Morgan fingerprint density at radius 2 is 1.40 bits per heavy atom. The first-order valence-corrected chi connectivity index (χ1v) is 14.9. The lowest BCUT2D eigenvalue weighted by Gasteiger charge is -2.23. The number of nitrogens with one attached hydrogen (secondary N) is 2. The first kappa shape index (κ1) is 30.8. The molecule has 0 aliphatic carbocycles. The number of anilines is 1. The maximum Gasteiger partial charge on any atom is 0.264 e. The minimum atomic E-state index is -4.07. The Morgan fingerprint density at radius 3 is 2.05 bits per heavy atom. The van der Waals surface area contributed by atoms with E-state index in [0.29, 0.717) is 35.9 Å². The van der Waals surface area contributed by atoms with Gasteiger partial charge in [0.2, 0.25) is 0 Å². The molecule has 0 spiro atoms. The van der Waals surface area contributed by atoms with Crippen molar-refractivity contribution in [1.82, 2.24) is 10.7 Å². The molecular formula is C32H32N4O6S. The maximum absolute atomic E-state index is 13.5. The third-order valence-electron chi connectivity index (χ3n) is 6.04. The van der Waals surface area contributed by atoms with E-state index < -0.39 is 22.5 Å². The van der Waals surface area contributed by atoms with Crippen molar-refractivity contribution >= 4 is 33.7 Å². The molecule has 0 heterocycles. The second kappa shape index (κ2) is 15.2. The van der Waals surface area contributed by atoms with Crippen LogP contribution in [0.2, 0.25) is 0 Å². The molecule has 0 aliphatic heterocycles. The molecule has 0 bridgehead atoms. The van der Waals surface area contributed by atoms with Gasteiger partial charge in [-0.25, -0.2) is 13.8 Å². The highest BCUT2D eigenvalue weighted by atomic mass is 32.2. The van der Waals surface area contributed by atoms with E-state index in [1.807, 2.05) is 37.3 Å². The van der Waals surface area contributed by atoms with Gasteiger partial charge in [-0.2, -0.15) is 5.10 Å². The number of ether oxygens (including phenoxy) is 2. The minimum Gasteiger partial charge on any atom is -0.494 e. The van der Waals surface area contributed by atoms with Crippen LogP contribution in [-0.2, 0) is 26.2 Å². The number of amides is 2. The predicted molar refractivity (Wildman–Crippen MR) is 165 cm³/mol. The molecule has 0 radical (unpaired) electrons. The number of carbonyl (C=O) groups excluding carboxylic acids is 2. The Kier molecular flexibility index (Phi) is 10.9. The van der Waals surface area contributed by atoms with Crippen LogP contribution in [0.5, 0.6) is 11.5 Å². The lowest BCUT2D eigenvalue weighted by molar-refractivity contribution is -0.123. The van der Waals surface area contributed by atoms with E-state index in [-0.39, 0.29) is 17.4 Å². The van der Waals surface area contributed by atoms with Crippen LogP contribution in [-0.4, -0.2) is 46.2 Å². The summed E-state index contributed by atoms with van der Waals surface area (Å²) in [6.45, 7) is 2.09. The Hall–Kier alpha value is -5.16. The van der Waals surface area contributed by atoms with E-state index in [1.165, 1.54) is 18.3 Å². The summed E-state index contributed by atoms with van der Waals surface area (Å²) in [5, 5.41) is 6.76. The summed E-state index contributed by atoms with van der Waals surface area (Å²) >= 11 is 0. The van der Waals surface area contributed by atoms with Gasteiger partial charge < -0.3 is 14.8 Å². The van der Waals surface area contributed by atoms with Gasteiger partial charge in [0.1, 0.15) is 18.0 Å². The number of sulfonamides is 1. The Bertz CT molecular complexity index is 1610. The van der Waals surface area contributed by atoms with E-state index in [1.54, 1.807) is 66.7 Å². The lowest BCUT2D eigenvalue weighted by Crippen LogP contribution is -2.39. The molecule has 222 valence electrons. The highest BCUT2D eigenvalue weighted by molar-refractivity contribution is 7.92. The fourth-order valence-electron chi connectivity index (χ4n) is 3.90. The van der Waals surface area contributed by atoms with Crippen LogP contribution >= 0.6 is 0 Å². The van der Waals surface area contributed by atoms with Crippen molar-refractivity contribution in [3.05, 3.63) is 120 Å². The summed E-state index contributed by atoms with van der Waals surface area (Å²) in [5.74, 6) is 0.167. The number of para-hydroxylation sites is 1. The first-order valence-electron chi connectivity index (χ1n) is 13.5. The summed E-state index contributed by atoms with van der Waals surface area (Å²) in [6.07, 6.45) is 1.42. The summed E-state index contributed by atoms with van der Waals surface area (Å²) < 4.78 is 38.9. The summed E-state index contributed by atoms with van der Waals surface area (Å²) in [5.41, 5.74) is 4.37. The van der Waals surface area contributed by atoms with Crippen LogP contribution in [0.25, 0.3) is 0 Å². The minimum absolute atomic E-state index is 0.0205. The van der Waals surface area contributed by atoms with Crippen molar-refractivity contribution in [2.75, 3.05) is 24.1 Å². The predicted octanol–water partition coefficient (Wildman–Crippen LogP) is 4.13. The lowest BCUT2D eigenvalue weighted by atomic mass is 10.2. The van der Waals surface area contributed by atoms with E-state index in [0.717, 1.165) is 9.87 Å². The van der Waals surface area contributed by atoms with Crippen molar-refractivity contribution in [3.8, 4) is 11.5 Å². The van der Waals surface area contributed by atoms with Gasteiger partial charge in [0.15, 0.2) is 6.61 Å². The fourth-order valence-corrected chi connectivity index (χ4v) is 5.32. The van der Waals surface area contributed by atoms with Gasteiger partial charge >= 0.3 is 0 Å². The van der Waals surface area contributed by atoms with Gasteiger partial charge in [-0.05, 0) is 78.7 Å². The number of hydrogen-bond donors (Lipinski definition) is 2. The largest absolute Gasteiger partial charge is 0.494 e. The average Bonchev–Trinajstić information content (AvgIpc) is 3.03. The van der Waals surface area contributed by atoms with Crippen LogP contribution in [0.4, 0.5) is 5.69 Å². The van der Waals surface area contributed by atoms with Crippen LogP contribution < -0.4 is 24.5 Å². The van der Waals surface area contributed by atoms with E-state index >= 15 is 0 Å². The van der Waals surface area contributed by atoms with Gasteiger partial charge in [0, 0.05) is 6.54 Å². The third kappa shape index (κ3) is 9.17. The number of benzene rings is 4. The molecule has 0 aromatic heterocycles. The van der Waals surface area contributed by atoms with Crippen LogP contribution in [0.1, 0.15) is 18.1 Å². The van der Waals surface area contributed by atoms with E-state index in [4.69, 9.17) is 9.47 Å². The van der Waals surface area contributed by atoms with Crippen molar-refractivity contribution < 1.29 is 27.5 Å². The molecule has 0 fully saturated rings. The molecule has 0 aliphatic rings. The van der Waals surface area contributed by atoms with Gasteiger partial charge in [-0.15, -0.1) is 0 Å². The van der Waals surface area contributed by atoms with Crippen molar-refractivity contribution in [1.29, 1.82) is 0 Å². The molecule has 0 saturated carbocycles. The molecule has 0 unspecified atom stereocenters. The normalized spacial score (nSPS) is 11.1.